The van der Waals surface area contributed by atoms with Crippen LogP contribution in [0.15, 0.2) is 218 Å². The molecule has 11 rings (SSSR count). The molecule has 8 aromatic carbocycles. The third-order valence-electron chi connectivity index (χ3n) is 11.5. The highest BCUT2D eigenvalue weighted by Crippen LogP contribution is 2.58. The summed E-state index contributed by atoms with van der Waals surface area (Å²) < 4.78 is 2.37. The van der Waals surface area contributed by atoms with Gasteiger partial charge in [0.05, 0.1) is 20.4 Å². The normalized spacial score (nSPS) is 13.8. The molecule has 0 N–H and O–H groups in total. The first-order chi connectivity index (χ1) is 29.3. The molecule has 278 valence electrons. The van der Waals surface area contributed by atoms with E-state index in [2.05, 4.69) is 218 Å². The largest absolute Gasteiger partial charge is 0.236 e. The molecule has 5 heteroatoms. The summed E-state index contributed by atoms with van der Waals surface area (Å²) in [4.78, 5) is 10.7. The zero-order valence-electron chi connectivity index (χ0n) is 32.0. The summed E-state index contributed by atoms with van der Waals surface area (Å²) in [6.07, 6.45) is 0. The zero-order valence-corrected chi connectivity index (χ0v) is 34.6. The maximum absolute atomic E-state index is 5.33. The summed E-state index contributed by atoms with van der Waals surface area (Å²) >= 11 is 3.54. The molecule has 10 aromatic rings. The van der Waals surface area contributed by atoms with Crippen molar-refractivity contribution in [2.75, 3.05) is 0 Å². The number of aromatic nitrogens is 2. The summed E-state index contributed by atoms with van der Waals surface area (Å²) in [7, 11) is -3.31. The van der Waals surface area contributed by atoms with Crippen molar-refractivity contribution < 1.29 is 0 Å². The Bertz CT molecular complexity index is 2920. The Labute approximate surface area is 352 Å². The van der Waals surface area contributed by atoms with Gasteiger partial charge in [-0.05, 0) is 78.4 Å². The lowest BCUT2D eigenvalue weighted by Crippen LogP contribution is -2.59. The van der Waals surface area contributed by atoms with Crippen molar-refractivity contribution in [2.24, 2.45) is 0 Å². The van der Waals surface area contributed by atoms with Gasteiger partial charge in [0.1, 0.15) is 10.0 Å². The molecule has 2 aromatic heterocycles. The molecule has 3 heterocycles. The average Bonchev–Trinajstić information content (AvgIpc) is 4.04. The van der Waals surface area contributed by atoms with Crippen LogP contribution < -0.4 is 10.4 Å². The van der Waals surface area contributed by atoms with Gasteiger partial charge in [-0.1, -0.05) is 194 Å². The number of benzene rings is 8. The van der Waals surface area contributed by atoms with Crippen molar-refractivity contribution in [3.63, 3.8) is 0 Å². The number of hydrogen-bond acceptors (Lipinski definition) is 4. The SMILES string of the molecule is c1ccc(C2=C(c3ccccc3-c3nc4ccccc4s3)[Si](c3ccccc3)(c3ccccc3)C(c3ccccc3-c3nc4ccccc4s3)=C2c2ccccc2)cc1. The number of para-hydroxylation sites is 2. The van der Waals surface area contributed by atoms with Crippen LogP contribution in [0.2, 0.25) is 0 Å². The molecule has 0 saturated carbocycles. The summed E-state index contributed by atoms with van der Waals surface area (Å²) in [6.45, 7) is 0. The molecule has 0 amide bonds. The Balaban J connectivity index is 1.36. The van der Waals surface area contributed by atoms with Crippen molar-refractivity contribution in [3.05, 3.63) is 241 Å². The summed E-state index contributed by atoms with van der Waals surface area (Å²) in [5, 5.41) is 7.43. The topological polar surface area (TPSA) is 25.8 Å². The van der Waals surface area contributed by atoms with Crippen molar-refractivity contribution in [3.8, 4) is 21.1 Å². The van der Waals surface area contributed by atoms with Gasteiger partial charge in [0.25, 0.3) is 0 Å². The molecule has 1 aliphatic heterocycles. The minimum absolute atomic E-state index is 1.02. The summed E-state index contributed by atoms with van der Waals surface area (Å²) in [6, 6.07) is 80.0. The van der Waals surface area contributed by atoms with Gasteiger partial charge in [-0.3, -0.25) is 0 Å². The van der Waals surface area contributed by atoms with E-state index in [1.54, 1.807) is 22.7 Å². The number of hydrogen-bond donors (Lipinski definition) is 0. The lowest BCUT2D eigenvalue weighted by atomic mass is 9.88. The number of thiazole rings is 2. The standard InChI is InChI=1S/C54H36N2S2Si/c1-5-21-37(22-6-1)49-50(38-23-7-2-8-24-38)52(42-30-14-16-32-44(42)54-56-46-34-18-20-36-48(46)58-54)59(39-25-9-3-10-26-39,40-27-11-4-12-28-40)51(49)41-29-13-15-31-43(41)53-55-45-33-17-19-35-47(45)57-53/h1-36H. The molecule has 0 spiro atoms. The van der Waals surface area contributed by atoms with Gasteiger partial charge in [-0.2, -0.15) is 0 Å². The maximum Gasteiger partial charge on any atom is 0.182 e. The fourth-order valence-corrected chi connectivity index (χ4v) is 16.7. The van der Waals surface area contributed by atoms with Gasteiger partial charge >= 0.3 is 0 Å². The van der Waals surface area contributed by atoms with Crippen LogP contribution in [-0.2, 0) is 0 Å². The lowest BCUT2D eigenvalue weighted by Gasteiger charge is -2.37. The fourth-order valence-electron chi connectivity index (χ4n) is 9.08. The second-order valence-electron chi connectivity index (χ2n) is 14.8. The van der Waals surface area contributed by atoms with Gasteiger partial charge in [0, 0.05) is 11.1 Å². The first-order valence-corrected chi connectivity index (χ1v) is 23.5. The molecule has 2 nitrogen and oxygen atoms in total. The molecule has 1 aliphatic rings. The maximum atomic E-state index is 5.33. The van der Waals surface area contributed by atoms with Crippen LogP contribution in [0.1, 0.15) is 22.3 Å². The zero-order chi connectivity index (χ0) is 39.2. The third kappa shape index (κ3) is 5.89. The molecule has 0 fully saturated rings. The minimum Gasteiger partial charge on any atom is -0.236 e. The number of rotatable bonds is 8. The highest BCUT2D eigenvalue weighted by Gasteiger charge is 2.54. The molecule has 59 heavy (non-hydrogen) atoms. The monoisotopic (exact) mass is 804 g/mol. The van der Waals surface area contributed by atoms with Crippen molar-refractivity contribution in [2.45, 2.75) is 0 Å². The molecular formula is C54H36N2S2Si. The van der Waals surface area contributed by atoms with E-state index in [0.29, 0.717) is 0 Å². The van der Waals surface area contributed by atoms with Crippen molar-refractivity contribution >= 4 is 83.1 Å². The highest BCUT2D eigenvalue weighted by atomic mass is 32.1. The van der Waals surface area contributed by atoms with E-state index >= 15 is 0 Å². The van der Waals surface area contributed by atoms with Crippen LogP contribution in [0, 0.1) is 0 Å². The molecular weight excluding hydrogens is 769 g/mol. The predicted molar refractivity (Wildman–Crippen MR) is 255 cm³/mol. The Kier molecular flexibility index (Phi) is 8.93. The van der Waals surface area contributed by atoms with E-state index in [1.807, 2.05) is 0 Å². The smallest absolute Gasteiger partial charge is 0.182 e. The van der Waals surface area contributed by atoms with Crippen LogP contribution in [0.4, 0.5) is 0 Å². The van der Waals surface area contributed by atoms with E-state index < -0.39 is 8.07 Å². The van der Waals surface area contributed by atoms with Crippen LogP contribution >= 0.6 is 22.7 Å². The fraction of sp³-hybridized carbons (Fsp3) is 0. The van der Waals surface area contributed by atoms with Gasteiger partial charge in [-0.15, -0.1) is 22.7 Å². The summed E-state index contributed by atoms with van der Waals surface area (Å²) in [5.74, 6) is 0. The summed E-state index contributed by atoms with van der Waals surface area (Å²) in [5.41, 5.74) is 11.7. The van der Waals surface area contributed by atoms with Crippen LogP contribution in [0.3, 0.4) is 0 Å². The number of fused-ring (bicyclic) bond motifs is 2. The van der Waals surface area contributed by atoms with Gasteiger partial charge in [0.15, 0.2) is 8.07 Å². The second kappa shape index (κ2) is 14.9. The Morgan fingerprint density at radius 3 is 1.02 bits per heavy atom. The number of allylic oxidation sites excluding steroid dienone is 2. The highest BCUT2D eigenvalue weighted by molar-refractivity contribution is 7.29. The molecule has 0 radical (unpaired) electrons. The second-order valence-corrected chi connectivity index (χ2v) is 20.5. The quantitative estimate of drug-likeness (QED) is 0.143. The van der Waals surface area contributed by atoms with E-state index in [1.165, 1.54) is 63.6 Å². The first kappa shape index (κ1) is 35.4. The number of nitrogens with zero attached hydrogens (tertiary/aromatic N) is 2. The van der Waals surface area contributed by atoms with Gasteiger partial charge in [0.2, 0.25) is 0 Å². The van der Waals surface area contributed by atoms with Crippen LogP contribution in [0.5, 0.6) is 0 Å². The molecule has 0 unspecified atom stereocenters. The molecule has 0 atom stereocenters. The lowest BCUT2D eigenvalue weighted by molar-refractivity contribution is 1.46. The van der Waals surface area contributed by atoms with E-state index in [0.717, 1.165) is 32.2 Å². The van der Waals surface area contributed by atoms with E-state index in [4.69, 9.17) is 9.97 Å². The van der Waals surface area contributed by atoms with Gasteiger partial charge < -0.3 is 0 Å². The minimum atomic E-state index is -3.31. The van der Waals surface area contributed by atoms with Crippen molar-refractivity contribution in [1.82, 2.24) is 9.97 Å². The van der Waals surface area contributed by atoms with Crippen LogP contribution in [0.25, 0.3) is 63.1 Å². The molecule has 0 saturated heterocycles. The van der Waals surface area contributed by atoms with Crippen LogP contribution in [-0.4, -0.2) is 18.0 Å². The Hall–Kier alpha value is -6.76. The van der Waals surface area contributed by atoms with E-state index in [-0.39, 0.29) is 0 Å². The molecule has 0 aliphatic carbocycles. The Morgan fingerprint density at radius 2 is 0.627 bits per heavy atom. The van der Waals surface area contributed by atoms with Gasteiger partial charge in [-0.25, -0.2) is 9.97 Å². The van der Waals surface area contributed by atoms with Crippen molar-refractivity contribution in [1.29, 1.82) is 0 Å². The average molecular weight is 805 g/mol. The third-order valence-corrected chi connectivity index (χ3v) is 18.6. The molecule has 0 bridgehead atoms. The predicted octanol–water partition coefficient (Wildman–Crippen LogP) is 13.1. The first-order valence-electron chi connectivity index (χ1n) is 19.9. The Morgan fingerprint density at radius 1 is 0.305 bits per heavy atom. The van der Waals surface area contributed by atoms with E-state index in [9.17, 15) is 0 Å².